The molecule has 37 heavy (non-hydrogen) atoms. The Morgan fingerprint density at radius 3 is 2.59 bits per heavy atom. The van der Waals surface area contributed by atoms with Gasteiger partial charge in [0.05, 0.1) is 0 Å². The lowest BCUT2D eigenvalue weighted by Gasteiger charge is -2.17. The molecule has 7 heteroatoms. The van der Waals surface area contributed by atoms with Crippen molar-refractivity contribution < 1.29 is 23.9 Å². The highest BCUT2D eigenvalue weighted by molar-refractivity contribution is 5.96. The molecule has 2 amide bonds. The van der Waals surface area contributed by atoms with E-state index in [1.54, 1.807) is 0 Å². The molecule has 7 nitrogen and oxygen atoms in total. The van der Waals surface area contributed by atoms with Gasteiger partial charge in [-0.25, -0.2) is 9.59 Å². The highest BCUT2D eigenvalue weighted by Crippen LogP contribution is 2.23. The molecular formula is C30H26N2O5. The summed E-state index contributed by atoms with van der Waals surface area (Å²) in [5, 5.41) is 9.51. The van der Waals surface area contributed by atoms with Crippen molar-refractivity contribution in [2.75, 3.05) is 6.54 Å². The number of amides is 2. The van der Waals surface area contributed by atoms with Gasteiger partial charge in [-0.3, -0.25) is 4.79 Å². The lowest BCUT2D eigenvalue weighted by molar-refractivity contribution is -0.142. The third-order valence-corrected chi connectivity index (χ3v) is 6.32. The Balaban J connectivity index is 1.13. The third kappa shape index (κ3) is 5.46. The smallest absolute Gasteiger partial charge is 0.407 e. The lowest BCUT2D eigenvalue weighted by atomic mass is 9.94. The van der Waals surface area contributed by atoms with E-state index in [9.17, 15) is 14.4 Å². The van der Waals surface area contributed by atoms with Gasteiger partial charge in [0.15, 0.2) is 0 Å². The summed E-state index contributed by atoms with van der Waals surface area (Å²) in [5.41, 5.74) is 3.25. The van der Waals surface area contributed by atoms with Crippen molar-refractivity contribution in [3.05, 3.63) is 99.6 Å². The Bertz CT molecular complexity index is 1570. The van der Waals surface area contributed by atoms with Crippen molar-refractivity contribution in [2.24, 2.45) is 0 Å². The summed E-state index contributed by atoms with van der Waals surface area (Å²) in [6.07, 6.45) is 9.90. The molecular weight excluding hydrogens is 468 g/mol. The van der Waals surface area contributed by atoms with Gasteiger partial charge in [0.2, 0.25) is 5.91 Å². The van der Waals surface area contributed by atoms with Crippen LogP contribution in [0.15, 0.2) is 72.5 Å². The van der Waals surface area contributed by atoms with Gasteiger partial charge in [-0.15, -0.1) is 0 Å². The van der Waals surface area contributed by atoms with E-state index in [1.807, 2.05) is 48.6 Å². The Labute approximate surface area is 213 Å². The maximum atomic E-state index is 12.6. The predicted octanol–water partition coefficient (Wildman–Crippen LogP) is 2.84. The van der Waals surface area contributed by atoms with Gasteiger partial charge in [0.25, 0.3) is 0 Å². The molecule has 0 spiro atoms. The second-order valence-electron chi connectivity index (χ2n) is 8.90. The molecule has 0 bridgehead atoms. The van der Waals surface area contributed by atoms with E-state index in [0.717, 1.165) is 10.8 Å². The molecule has 3 aromatic carbocycles. The van der Waals surface area contributed by atoms with Crippen LogP contribution in [0.1, 0.15) is 23.6 Å². The maximum absolute atomic E-state index is 12.6. The lowest BCUT2D eigenvalue weighted by Crippen LogP contribution is -2.44. The zero-order valence-corrected chi connectivity index (χ0v) is 20.3. The van der Waals surface area contributed by atoms with E-state index in [0.29, 0.717) is 12.2 Å². The summed E-state index contributed by atoms with van der Waals surface area (Å²) in [6.45, 7) is 1.31. The Kier molecular flexibility index (Phi) is 6.85. The minimum absolute atomic E-state index is 0.0966. The number of esters is 1. The first kappa shape index (κ1) is 24.1. The van der Waals surface area contributed by atoms with Crippen molar-refractivity contribution in [3.63, 3.8) is 0 Å². The number of benzene rings is 3. The Hall–Kier alpha value is -4.65. The number of allylic oxidation sites excluding steroid dienone is 3. The van der Waals surface area contributed by atoms with E-state index in [1.165, 1.54) is 34.0 Å². The molecule has 1 atom stereocenters. The predicted molar refractivity (Wildman–Crippen MR) is 141 cm³/mol. The highest BCUT2D eigenvalue weighted by Gasteiger charge is 2.20. The first-order valence-corrected chi connectivity index (χ1v) is 12.1. The Morgan fingerprint density at radius 1 is 0.973 bits per heavy atom. The molecule has 3 aromatic rings. The van der Waals surface area contributed by atoms with Gasteiger partial charge >= 0.3 is 12.1 Å². The van der Waals surface area contributed by atoms with Gasteiger partial charge < -0.3 is 20.1 Å². The van der Waals surface area contributed by atoms with Crippen LogP contribution in [-0.2, 0) is 32.1 Å². The molecule has 0 aliphatic heterocycles. The third-order valence-electron chi connectivity index (χ3n) is 6.32. The first-order chi connectivity index (χ1) is 18.0. The number of hydrogen-bond donors (Lipinski definition) is 2. The van der Waals surface area contributed by atoms with Gasteiger partial charge in [-0.2, -0.15) is 0 Å². The standard InChI is InChI=1S/C30H26N2O5/c1-19(32-28(33)17-31-30(35)36-18-20-6-3-2-4-7-20)29(34)37-23-12-15-25-22(16-23)11-14-26-24-9-5-8-21(24)10-13-27(25)26/h2-14,16,19H,15,17-18H2,1H3,(H,31,35)(H,32,33). The monoisotopic (exact) mass is 494 g/mol. The van der Waals surface area contributed by atoms with Crippen molar-refractivity contribution in [2.45, 2.75) is 26.0 Å². The second kappa shape index (κ2) is 10.5. The molecule has 0 aromatic heterocycles. The van der Waals surface area contributed by atoms with Crippen LogP contribution in [0.25, 0.3) is 29.0 Å². The molecule has 1 unspecified atom stereocenters. The normalized spacial score (nSPS) is 13.8. The van der Waals surface area contributed by atoms with Crippen LogP contribution < -0.4 is 21.1 Å². The van der Waals surface area contributed by atoms with Crippen LogP contribution in [0, 0.1) is 0 Å². The average Bonchev–Trinajstić information content (AvgIpc) is 3.40. The quantitative estimate of drug-likeness (QED) is 0.493. The molecule has 186 valence electrons. The maximum Gasteiger partial charge on any atom is 0.407 e. The molecule has 0 fully saturated rings. The van der Waals surface area contributed by atoms with E-state index < -0.39 is 24.0 Å². The highest BCUT2D eigenvalue weighted by atomic mass is 16.5. The first-order valence-electron chi connectivity index (χ1n) is 12.1. The summed E-state index contributed by atoms with van der Waals surface area (Å²) >= 11 is 0. The summed E-state index contributed by atoms with van der Waals surface area (Å²) in [4.78, 5) is 36.6. The average molecular weight is 495 g/mol. The summed E-state index contributed by atoms with van der Waals surface area (Å²) in [7, 11) is 0. The molecule has 0 saturated heterocycles. The van der Waals surface area contributed by atoms with Crippen molar-refractivity contribution in [3.8, 4) is 0 Å². The van der Waals surface area contributed by atoms with Crippen molar-refractivity contribution in [1.29, 1.82) is 0 Å². The molecule has 5 rings (SSSR count). The molecule has 0 heterocycles. The van der Waals surface area contributed by atoms with Gasteiger partial charge in [0.1, 0.15) is 25.0 Å². The molecule has 0 saturated carbocycles. The number of ether oxygens (including phenoxy) is 2. The fourth-order valence-corrected chi connectivity index (χ4v) is 4.44. The van der Waals surface area contributed by atoms with E-state index in [-0.39, 0.29) is 13.2 Å². The SMILES string of the molecule is CC(NC(=O)CNC(=O)OCc1ccccc1)C(=O)OC1=CCc2c(ccc3c4c(ccc23)=CC=C4)=C1. The van der Waals surface area contributed by atoms with Crippen molar-refractivity contribution in [1.82, 2.24) is 10.6 Å². The number of carbonyl (C=O) groups is 3. The van der Waals surface area contributed by atoms with E-state index in [4.69, 9.17) is 9.47 Å². The topological polar surface area (TPSA) is 93.7 Å². The molecule has 2 aliphatic rings. The zero-order valence-electron chi connectivity index (χ0n) is 20.3. The second-order valence-corrected chi connectivity index (χ2v) is 8.90. The zero-order chi connectivity index (χ0) is 25.8. The number of rotatable bonds is 7. The van der Waals surface area contributed by atoms with Gasteiger partial charge in [-0.05, 0) is 63.4 Å². The number of nitrogens with one attached hydrogen (secondary N) is 2. The molecule has 0 radical (unpaired) electrons. The van der Waals surface area contributed by atoms with E-state index in [2.05, 4.69) is 47.1 Å². The Morgan fingerprint density at radius 2 is 1.76 bits per heavy atom. The van der Waals surface area contributed by atoms with Crippen LogP contribution >= 0.6 is 0 Å². The van der Waals surface area contributed by atoms with Gasteiger partial charge in [0, 0.05) is 0 Å². The fraction of sp³-hybridized carbons (Fsp3) is 0.167. The largest absolute Gasteiger partial charge is 0.445 e. The van der Waals surface area contributed by atoms with Crippen LogP contribution in [0.2, 0.25) is 0 Å². The number of hydrogen-bond acceptors (Lipinski definition) is 5. The molecule has 2 N–H and O–H groups in total. The minimum Gasteiger partial charge on any atom is -0.445 e. The number of carbonyl (C=O) groups excluding carboxylic acids is 3. The molecule has 2 aliphatic carbocycles. The van der Waals surface area contributed by atoms with Crippen LogP contribution in [0.5, 0.6) is 0 Å². The minimum atomic E-state index is -0.896. The van der Waals surface area contributed by atoms with Crippen LogP contribution in [0.4, 0.5) is 4.79 Å². The van der Waals surface area contributed by atoms with Crippen LogP contribution in [0.3, 0.4) is 0 Å². The number of alkyl carbamates (subject to hydrolysis) is 1. The van der Waals surface area contributed by atoms with E-state index >= 15 is 0 Å². The number of fused-ring (bicyclic) bond motifs is 5. The van der Waals surface area contributed by atoms with Crippen LogP contribution in [-0.4, -0.2) is 30.6 Å². The summed E-state index contributed by atoms with van der Waals surface area (Å²) in [6, 6.07) is 16.7. The van der Waals surface area contributed by atoms with Gasteiger partial charge in [-0.1, -0.05) is 72.8 Å². The summed E-state index contributed by atoms with van der Waals surface area (Å²) < 4.78 is 10.6. The fourth-order valence-electron chi connectivity index (χ4n) is 4.44. The van der Waals surface area contributed by atoms with Crippen molar-refractivity contribution >= 4 is 47.0 Å². The summed E-state index contributed by atoms with van der Waals surface area (Å²) in [5.74, 6) is -0.682.